The molecular weight excluding hydrogens is 396 g/mol. The predicted octanol–water partition coefficient (Wildman–Crippen LogP) is 4.98. The van der Waals surface area contributed by atoms with Gasteiger partial charge in [-0.25, -0.2) is 8.42 Å². The first-order valence-electron chi connectivity index (χ1n) is 9.78. The van der Waals surface area contributed by atoms with Crippen LogP contribution in [0.4, 0.5) is 11.4 Å². The molecule has 0 atom stereocenters. The van der Waals surface area contributed by atoms with Gasteiger partial charge in [0, 0.05) is 17.8 Å². The fourth-order valence-corrected chi connectivity index (χ4v) is 4.02. The number of carbonyl (C=O) groups is 1. The Hall–Kier alpha value is -3.12. The number of amides is 1. The first kappa shape index (κ1) is 21.6. The Morgan fingerprint density at radius 3 is 2.07 bits per heavy atom. The maximum Gasteiger partial charge on any atom is 0.261 e. The molecule has 3 aromatic carbocycles. The van der Waals surface area contributed by atoms with E-state index in [2.05, 4.69) is 10.0 Å². The highest BCUT2D eigenvalue weighted by Crippen LogP contribution is 2.20. The minimum Gasteiger partial charge on any atom is -0.326 e. The molecule has 3 aromatic rings. The van der Waals surface area contributed by atoms with Gasteiger partial charge in [0.15, 0.2) is 0 Å². The molecule has 0 bridgehead atoms. The van der Waals surface area contributed by atoms with Crippen LogP contribution in [0.3, 0.4) is 0 Å². The summed E-state index contributed by atoms with van der Waals surface area (Å²) in [6.45, 7) is 5.93. The summed E-state index contributed by atoms with van der Waals surface area (Å²) in [7, 11) is -3.70. The number of anilines is 2. The average Bonchev–Trinajstić information content (AvgIpc) is 2.70. The van der Waals surface area contributed by atoms with E-state index < -0.39 is 10.0 Å². The Kier molecular flexibility index (Phi) is 6.57. The molecule has 0 unspecified atom stereocenters. The number of rotatable bonds is 7. The number of hydrogen-bond acceptors (Lipinski definition) is 3. The molecule has 1 amide bonds. The van der Waals surface area contributed by atoms with Crippen LogP contribution in [0.1, 0.15) is 28.7 Å². The van der Waals surface area contributed by atoms with E-state index in [1.54, 1.807) is 24.3 Å². The van der Waals surface area contributed by atoms with E-state index in [-0.39, 0.29) is 10.8 Å². The third-order valence-electron chi connectivity index (χ3n) is 4.97. The maximum atomic E-state index is 12.6. The molecule has 5 nitrogen and oxygen atoms in total. The second-order valence-electron chi connectivity index (χ2n) is 7.46. The van der Waals surface area contributed by atoms with Gasteiger partial charge >= 0.3 is 0 Å². The summed E-state index contributed by atoms with van der Waals surface area (Å²) in [5.74, 6) is -0.112. The van der Waals surface area contributed by atoms with Crippen LogP contribution in [0, 0.1) is 20.8 Å². The van der Waals surface area contributed by atoms with E-state index in [1.165, 1.54) is 17.7 Å². The van der Waals surface area contributed by atoms with Gasteiger partial charge in [0.25, 0.3) is 10.0 Å². The number of benzene rings is 3. The van der Waals surface area contributed by atoms with Crippen LogP contribution in [0.5, 0.6) is 0 Å². The molecule has 156 valence electrons. The van der Waals surface area contributed by atoms with E-state index >= 15 is 0 Å². The number of aryl methyl sites for hydroxylation is 4. The second kappa shape index (κ2) is 9.13. The summed E-state index contributed by atoms with van der Waals surface area (Å²) >= 11 is 0. The fraction of sp³-hybridized carbons (Fsp3) is 0.208. The number of hydrogen-bond donors (Lipinski definition) is 2. The van der Waals surface area contributed by atoms with E-state index in [0.29, 0.717) is 24.2 Å². The Labute approximate surface area is 178 Å². The fourth-order valence-electron chi connectivity index (χ4n) is 2.97. The van der Waals surface area contributed by atoms with Gasteiger partial charge in [-0.15, -0.1) is 0 Å². The average molecular weight is 423 g/mol. The van der Waals surface area contributed by atoms with Crippen LogP contribution >= 0.6 is 0 Å². The topological polar surface area (TPSA) is 75.3 Å². The summed E-state index contributed by atoms with van der Waals surface area (Å²) in [5.41, 5.74) is 5.49. The molecule has 30 heavy (non-hydrogen) atoms. The van der Waals surface area contributed by atoms with Crippen molar-refractivity contribution >= 4 is 27.3 Å². The van der Waals surface area contributed by atoms with Crippen molar-refractivity contribution in [1.29, 1.82) is 0 Å². The highest BCUT2D eigenvalue weighted by atomic mass is 32.2. The molecule has 0 aromatic heterocycles. The lowest BCUT2D eigenvalue weighted by atomic mass is 10.1. The minimum absolute atomic E-state index is 0.112. The number of sulfonamides is 1. The Balaban J connectivity index is 1.59. The van der Waals surface area contributed by atoms with Crippen molar-refractivity contribution in [3.63, 3.8) is 0 Å². The van der Waals surface area contributed by atoms with Crippen LogP contribution in [0.15, 0.2) is 71.6 Å². The highest BCUT2D eigenvalue weighted by Gasteiger charge is 2.15. The molecule has 0 heterocycles. The number of nitrogens with one attached hydrogen (secondary N) is 2. The Morgan fingerprint density at radius 1 is 0.800 bits per heavy atom. The van der Waals surface area contributed by atoms with Crippen LogP contribution in [-0.4, -0.2) is 14.3 Å². The van der Waals surface area contributed by atoms with Gasteiger partial charge < -0.3 is 5.32 Å². The zero-order chi connectivity index (χ0) is 21.7. The standard InChI is InChI=1S/C24H26N2O3S/c1-17-4-7-20(8-5-17)9-15-24(27)25-21-11-13-23(14-12-21)30(28,29)26-22-10-6-18(2)19(3)16-22/h4-8,10-14,16,26H,9,15H2,1-3H3,(H,25,27). The SMILES string of the molecule is Cc1ccc(CCC(=O)Nc2ccc(S(=O)(=O)Nc3ccc(C)c(C)c3)cc2)cc1. The first-order valence-corrected chi connectivity index (χ1v) is 11.3. The van der Waals surface area contributed by atoms with Crippen LogP contribution in [0.25, 0.3) is 0 Å². The summed E-state index contributed by atoms with van der Waals surface area (Å²) < 4.78 is 27.8. The molecule has 0 aliphatic heterocycles. The summed E-state index contributed by atoms with van der Waals surface area (Å²) in [4.78, 5) is 12.3. The molecule has 0 saturated carbocycles. The Morgan fingerprint density at radius 2 is 1.43 bits per heavy atom. The molecule has 3 rings (SSSR count). The van der Waals surface area contributed by atoms with Crippen LogP contribution in [-0.2, 0) is 21.2 Å². The summed E-state index contributed by atoms with van der Waals surface area (Å²) in [6.07, 6.45) is 1.01. The number of carbonyl (C=O) groups excluding carboxylic acids is 1. The first-order chi connectivity index (χ1) is 14.2. The molecule has 0 saturated heterocycles. The zero-order valence-electron chi connectivity index (χ0n) is 17.4. The predicted molar refractivity (Wildman–Crippen MR) is 121 cm³/mol. The van der Waals surface area contributed by atoms with E-state index in [4.69, 9.17) is 0 Å². The summed E-state index contributed by atoms with van der Waals surface area (Å²) in [6, 6.07) is 19.7. The molecular formula is C24H26N2O3S. The molecule has 0 radical (unpaired) electrons. The van der Waals surface area contributed by atoms with E-state index in [0.717, 1.165) is 16.7 Å². The molecule has 0 aliphatic rings. The van der Waals surface area contributed by atoms with Crippen molar-refractivity contribution in [1.82, 2.24) is 0 Å². The third-order valence-corrected chi connectivity index (χ3v) is 6.37. The normalized spacial score (nSPS) is 11.2. The molecule has 6 heteroatoms. The van der Waals surface area contributed by atoms with Gasteiger partial charge in [-0.05, 0) is 80.3 Å². The third kappa shape index (κ3) is 5.70. The molecule has 2 N–H and O–H groups in total. The largest absolute Gasteiger partial charge is 0.326 e. The molecule has 0 spiro atoms. The van der Waals surface area contributed by atoms with Crippen molar-refractivity contribution in [3.8, 4) is 0 Å². The minimum atomic E-state index is -3.70. The zero-order valence-corrected chi connectivity index (χ0v) is 18.2. The van der Waals surface area contributed by atoms with Crippen LogP contribution in [0.2, 0.25) is 0 Å². The van der Waals surface area contributed by atoms with Gasteiger partial charge in [0.1, 0.15) is 0 Å². The molecule has 0 aliphatic carbocycles. The van der Waals surface area contributed by atoms with E-state index in [9.17, 15) is 13.2 Å². The Bertz CT molecular complexity index is 1140. The van der Waals surface area contributed by atoms with Crippen molar-refractivity contribution in [2.45, 2.75) is 38.5 Å². The lowest BCUT2D eigenvalue weighted by Crippen LogP contribution is -2.14. The molecule has 0 fully saturated rings. The van der Waals surface area contributed by atoms with Crippen molar-refractivity contribution in [2.75, 3.05) is 10.0 Å². The van der Waals surface area contributed by atoms with Crippen molar-refractivity contribution in [3.05, 3.63) is 89.0 Å². The summed E-state index contributed by atoms with van der Waals surface area (Å²) in [5, 5.41) is 2.81. The van der Waals surface area contributed by atoms with Crippen molar-refractivity contribution < 1.29 is 13.2 Å². The lowest BCUT2D eigenvalue weighted by Gasteiger charge is -2.11. The van der Waals surface area contributed by atoms with Gasteiger partial charge in [-0.1, -0.05) is 35.9 Å². The van der Waals surface area contributed by atoms with Gasteiger partial charge in [0.2, 0.25) is 5.91 Å². The van der Waals surface area contributed by atoms with Gasteiger partial charge in [0.05, 0.1) is 4.90 Å². The quantitative estimate of drug-likeness (QED) is 0.564. The van der Waals surface area contributed by atoms with Crippen LogP contribution < -0.4 is 10.0 Å². The van der Waals surface area contributed by atoms with Crippen molar-refractivity contribution in [2.24, 2.45) is 0 Å². The van der Waals surface area contributed by atoms with Gasteiger partial charge in [-0.3, -0.25) is 9.52 Å². The lowest BCUT2D eigenvalue weighted by molar-refractivity contribution is -0.116. The van der Waals surface area contributed by atoms with Gasteiger partial charge in [-0.2, -0.15) is 0 Å². The van der Waals surface area contributed by atoms with E-state index in [1.807, 2.05) is 51.1 Å². The smallest absolute Gasteiger partial charge is 0.261 e. The highest BCUT2D eigenvalue weighted by molar-refractivity contribution is 7.92. The second-order valence-corrected chi connectivity index (χ2v) is 9.15. The maximum absolute atomic E-state index is 12.6. The monoisotopic (exact) mass is 422 g/mol.